The number of rotatable bonds is 14. The zero-order valence-electron chi connectivity index (χ0n) is 13.4. The number of aliphatic imine (C=N–C) groups is 1. The van der Waals surface area contributed by atoms with Crippen LogP contribution in [0, 0.1) is 0 Å². The number of unbranched alkanes of at least 4 members (excludes halogenated alkanes) is 9. The van der Waals surface area contributed by atoms with Crippen molar-refractivity contribution in [3.05, 3.63) is 0 Å². The van der Waals surface area contributed by atoms with Crippen LogP contribution in [0.2, 0.25) is 0 Å². The molecule has 0 N–H and O–H groups in total. The van der Waals surface area contributed by atoms with E-state index in [2.05, 4.69) is 11.9 Å². The van der Waals surface area contributed by atoms with Gasteiger partial charge in [-0.2, -0.15) is 0 Å². The highest BCUT2D eigenvalue weighted by Crippen LogP contribution is 2.10. The van der Waals surface area contributed by atoms with Crippen LogP contribution in [0.4, 0.5) is 0 Å². The van der Waals surface area contributed by atoms with Crippen molar-refractivity contribution in [3.63, 3.8) is 0 Å². The van der Waals surface area contributed by atoms with Crippen molar-refractivity contribution in [1.29, 1.82) is 0 Å². The third-order valence-corrected chi connectivity index (χ3v) is 3.75. The maximum Gasteiger partial charge on any atom is 0.185 e. The molecule has 3 nitrogen and oxygen atoms in total. The van der Waals surface area contributed by atoms with Gasteiger partial charge in [0.05, 0.1) is 13.2 Å². The molecule has 20 heavy (non-hydrogen) atoms. The average Bonchev–Trinajstić information content (AvgIpc) is 2.97. The zero-order chi connectivity index (χ0) is 14.3. The van der Waals surface area contributed by atoms with Crippen molar-refractivity contribution in [2.75, 3.05) is 26.4 Å². The van der Waals surface area contributed by atoms with E-state index in [9.17, 15) is 0 Å². The van der Waals surface area contributed by atoms with Crippen LogP contribution in [0.3, 0.4) is 0 Å². The van der Waals surface area contributed by atoms with Gasteiger partial charge < -0.3 is 9.47 Å². The lowest BCUT2D eigenvalue weighted by molar-refractivity contribution is 0.133. The van der Waals surface area contributed by atoms with Crippen LogP contribution in [-0.4, -0.2) is 32.3 Å². The highest BCUT2D eigenvalue weighted by Gasteiger charge is 2.05. The molecule has 0 spiro atoms. The van der Waals surface area contributed by atoms with E-state index in [1.807, 2.05) is 0 Å². The van der Waals surface area contributed by atoms with Crippen molar-refractivity contribution in [2.45, 2.75) is 77.6 Å². The third-order valence-electron chi connectivity index (χ3n) is 3.75. The minimum absolute atomic E-state index is 0.758. The largest absolute Gasteiger partial charge is 0.479 e. The minimum Gasteiger partial charge on any atom is -0.479 e. The van der Waals surface area contributed by atoms with Crippen molar-refractivity contribution < 1.29 is 9.47 Å². The molecule has 118 valence electrons. The van der Waals surface area contributed by atoms with Crippen LogP contribution < -0.4 is 0 Å². The fourth-order valence-corrected chi connectivity index (χ4v) is 2.48. The molecule has 1 aliphatic rings. The van der Waals surface area contributed by atoms with E-state index in [4.69, 9.17) is 9.47 Å². The normalized spacial score (nSPS) is 14.3. The summed E-state index contributed by atoms with van der Waals surface area (Å²) < 4.78 is 10.9. The molecule has 1 heterocycles. The molecule has 0 atom stereocenters. The number of hydrogen-bond acceptors (Lipinski definition) is 3. The van der Waals surface area contributed by atoms with Crippen molar-refractivity contribution in [1.82, 2.24) is 0 Å². The Morgan fingerprint density at radius 2 is 1.55 bits per heavy atom. The van der Waals surface area contributed by atoms with Crippen LogP contribution in [0.15, 0.2) is 4.99 Å². The van der Waals surface area contributed by atoms with E-state index in [0.717, 1.165) is 38.7 Å². The molecule has 0 amide bonds. The Hall–Kier alpha value is -0.570. The molecule has 0 radical (unpaired) electrons. The Bertz CT molecular complexity index is 241. The van der Waals surface area contributed by atoms with E-state index in [1.165, 1.54) is 64.2 Å². The lowest BCUT2D eigenvalue weighted by Crippen LogP contribution is -2.05. The van der Waals surface area contributed by atoms with E-state index in [-0.39, 0.29) is 0 Å². The van der Waals surface area contributed by atoms with Gasteiger partial charge in [-0.3, -0.25) is 4.99 Å². The minimum atomic E-state index is 0.758. The summed E-state index contributed by atoms with van der Waals surface area (Å²) in [6.45, 7) is 5.51. The SMILES string of the molecule is CCCCCCCCCCCCOCCC1=NCCO1. The highest BCUT2D eigenvalue weighted by atomic mass is 16.5. The van der Waals surface area contributed by atoms with Crippen LogP contribution >= 0.6 is 0 Å². The van der Waals surface area contributed by atoms with Gasteiger partial charge in [-0.1, -0.05) is 64.7 Å². The maximum absolute atomic E-state index is 5.61. The topological polar surface area (TPSA) is 30.8 Å². The van der Waals surface area contributed by atoms with Gasteiger partial charge in [-0.05, 0) is 6.42 Å². The van der Waals surface area contributed by atoms with Gasteiger partial charge in [0.1, 0.15) is 6.61 Å². The first-order valence-electron chi connectivity index (χ1n) is 8.67. The van der Waals surface area contributed by atoms with Crippen LogP contribution in [0.1, 0.15) is 77.6 Å². The second-order valence-electron chi connectivity index (χ2n) is 5.67. The predicted octanol–water partition coefficient (Wildman–Crippen LogP) is 4.74. The lowest BCUT2D eigenvalue weighted by Gasteiger charge is -2.05. The van der Waals surface area contributed by atoms with E-state index in [0.29, 0.717) is 0 Å². The Balaban J connectivity index is 1.68. The summed E-state index contributed by atoms with van der Waals surface area (Å²) >= 11 is 0. The van der Waals surface area contributed by atoms with E-state index in [1.54, 1.807) is 0 Å². The Morgan fingerprint density at radius 1 is 0.900 bits per heavy atom. The third kappa shape index (κ3) is 10.2. The molecule has 0 aliphatic carbocycles. The van der Waals surface area contributed by atoms with Crippen molar-refractivity contribution in [2.24, 2.45) is 4.99 Å². The molecule has 0 aromatic heterocycles. The van der Waals surface area contributed by atoms with Gasteiger partial charge in [0.25, 0.3) is 0 Å². The van der Waals surface area contributed by atoms with Gasteiger partial charge in [0.15, 0.2) is 5.90 Å². The van der Waals surface area contributed by atoms with Gasteiger partial charge in [-0.25, -0.2) is 0 Å². The number of nitrogens with zero attached hydrogens (tertiary/aromatic N) is 1. The molecular formula is C17H33NO2. The summed E-state index contributed by atoms with van der Waals surface area (Å²) in [7, 11) is 0. The number of hydrogen-bond donors (Lipinski definition) is 0. The van der Waals surface area contributed by atoms with Gasteiger partial charge in [0, 0.05) is 13.0 Å². The summed E-state index contributed by atoms with van der Waals surface area (Å²) in [4.78, 5) is 4.24. The van der Waals surface area contributed by atoms with Crippen molar-refractivity contribution in [3.8, 4) is 0 Å². The molecule has 0 aromatic rings. The second-order valence-corrected chi connectivity index (χ2v) is 5.67. The fraction of sp³-hybridized carbons (Fsp3) is 0.941. The average molecular weight is 283 g/mol. The van der Waals surface area contributed by atoms with Gasteiger partial charge >= 0.3 is 0 Å². The summed E-state index contributed by atoms with van der Waals surface area (Å²) in [5.74, 6) is 0.882. The lowest BCUT2D eigenvalue weighted by atomic mass is 10.1. The molecule has 0 saturated carbocycles. The summed E-state index contributed by atoms with van der Waals surface area (Å²) in [5, 5.41) is 0. The summed E-state index contributed by atoms with van der Waals surface area (Å²) in [6.07, 6.45) is 14.6. The number of ether oxygens (including phenoxy) is 2. The van der Waals surface area contributed by atoms with Gasteiger partial charge in [-0.15, -0.1) is 0 Å². The van der Waals surface area contributed by atoms with Crippen LogP contribution in [0.5, 0.6) is 0 Å². The molecule has 1 aliphatic heterocycles. The zero-order valence-corrected chi connectivity index (χ0v) is 13.4. The van der Waals surface area contributed by atoms with Crippen LogP contribution in [0.25, 0.3) is 0 Å². The first kappa shape index (κ1) is 17.5. The fourth-order valence-electron chi connectivity index (χ4n) is 2.48. The maximum atomic E-state index is 5.61. The molecular weight excluding hydrogens is 250 g/mol. The Morgan fingerprint density at radius 3 is 2.15 bits per heavy atom. The smallest absolute Gasteiger partial charge is 0.185 e. The van der Waals surface area contributed by atoms with Gasteiger partial charge in [0.2, 0.25) is 0 Å². The second kappa shape index (κ2) is 13.4. The van der Waals surface area contributed by atoms with E-state index < -0.39 is 0 Å². The summed E-state index contributed by atoms with van der Waals surface area (Å²) in [6, 6.07) is 0. The highest BCUT2D eigenvalue weighted by molar-refractivity contribution is 5.77. The van der Waals surface area contributed by atoms with E-state index >= 15 is 0 Å². The summed E-state index contributed by atoms with van der Waals surface area (Å²) in [5.41, 5.74) is 0. The predicted molar refractivity (Wildman–Crippen MR) is 85.5 cm³/mol. The molecule has 0 fully saturated rings. The molecule has 0 saturated heterocycles. The first-order chi connectivity index (χ1) is 9.93. The molecule has 0 unspecified atom stereocenters. The molecule has 1 rings (SSSR count). The van der Waals surface area contributed by atoms with Crippen LogP contribution in [-0.2, 0) is 9.47 Å². The Kier molecular flexibility index (Phi) is 11.7. The first-order valence-corrected chi connectivity index (χ1v) is 8.67. The standard InChI is InChI=1S/C17H33NO2/c1-2-3-4-5-6-7-8-9-10-11-14-19-15-12-17-18-13-16-20-17/h2-16H2,1H3. The Labute approximate surface area is 125 Å². The molecule has 0 aromatic carbocycles. The quantitative estimate of drug-likeness (QED) is 0.431. The molecule has 0 bridgehead atoms. The van der Waals surface area contributed by atoms with Crippen molar-refractivity contribution >= 4 is 5.90 Å². The monoisotopic (exact) mass is 283 g/mol. The molecule has 3 heteroatoms.